The summed E-state index contributed by atoms with van der Waals surface area (Å²) in [5.74, 6) is -0.246. The normalized spacial score (nSPS) is 12.5. The fourth-order valence-corrected chi connectivity index (χ4v) is 6.20. The third-order valence-corrected chi connectivity index (χ3v) is 9.53. The third-order valence-electron chi connectivity index (χ3n) is 9.53. The second-order valence-corrected chi connectivity index (χ2v) is 16.0. The zero-order chi connectivity index (χ0) is 39.9. The standard InChI is InChI=1S/C51H48F3NO/c1-49(2,3)43-25-13-37(14-26-43)7-9-39-17-29-45(30-18-39)55(46-31-19-40(20-32-46)10-8-38-15-27-44(28-16-38)50(4,5)6)47-33-21-41(22-34-47)11-12-42-23-35-48(36-24-42)56-51(52,53)54/h7-36H,1-6H3. The molecule has 0 aliphatic rings. The van der Waals surface area contributed by atoms with Crippen molar-refractivity contribution in [1.29, 1.82) is 0 Å². The Morgan fingerprint density at radius 3 is 0.821 bits per heavy atom. The summed E-state index contributed by atoms with van der Waals surface area (Å²) < 4.78 is 41.7. The molecule has 0 bridgehead atoms. The highest BCUT2D eigenvalue weighted by Crippen LogP contribution is 2.36. The molecule has 0 atom stereocenters. The Morgan fingerprint density at radius 2 is 0.589 bits per heavy atom. The molecule has 0 aliphatic carbocycles. The van der Waals surface area contributed by atoms with E-state index < -0.39 is 6.36 Å². The van der Waals surface area contributed by atoms with Crippen LogP contribution in [-0.2, 0) is 10.8 Å². The van der Waals surface area contributed by atoms with Crippen molar-refractivity contribution in [1.82, 2.24) is 0 Å². The molecule has 6 aromatic carbocycles. The SMILES string of the molecule is CC(C)(C)c1ccc(C=Cc2ccc(N(c3ccc(C=Cc4ccc(OC(F)(F)F)cc4)cc3)c3ccc(C=Cc4ccc(C(C)(C)C)cc4)cc3)cc2)cc1. The minimum atomic E-state index is -4.72. The van der Waals surface area contributed by atoms with E-state index in [4.69, 9.17) is 0 Å². The van der Waals surface area contributed by atoms with Gasteiger partial charge in [-0.3, -0.25) is 0 Å². The number of hydrogen-bond donors (Lipinski definition) is 0. The lowest BCUT2D eigenvalue weighted by Crippen LogP contribution is -2.16. The molecule has 0 N–H and O–H groups in total. The lowest BCUT2D eigenvalue weighted by Gasteiger charge is -2.26. The van der Waals surface area contributed by atoms with Crippen LogP contribution >= 0.6 is 0 Å². The number of ether oxygens (including phenoxy) is 1. The first kappa shape index (κ1) is 39.6. The lowest BCUT2D eigenvalue weighted by molar-refractivity contribution is -0.274. The molecular weight excluding hydrogens is 700 g/mol. The molecule has 0 amide bonds. The Balaban J connectivity index is 1.23. The summed E-state index contributed by atoms with van der Waals surface area (Å²) in [6.07, 6.45) is 7.63. The van der Waals surface area contributed by atoms with Gasteiger partial charge < -0.3 is 9.64 Å². The zero-order valence-corrected chi connectivity index (χ0v) is 32.8. The molecule has 0 spiro atoms. The molecule has 0 aromatic heterocycles. The summed E-state index contributed by atoms with van der Waals surface area (Å²) in [5, 5.41) is 0. The maximum Gasteiger partial charge on any atom is 0.573 e. The van der Waals surface area contributed by atoms with E-state index in [-0.39, 0.29) is 16.6 Å². The first-order valence-corrected chi connectivity index (χ1v) is 18.8. The van der Waals surface area contributed by atoms with E-state index in [1.807, 2.05) is 24.3 Å². The largest absolute Gasteiger partial charge is 0.573 e. The summed E-state index contributed by atoms with van der Waals surface area (Å²) >= 11 is 0. The van der Waals surface area contributed by atoms with Crippen molar-refractivity contribution < 1.29 is 17.9 Å². The maximum absolute atomic E-state index is 12.6. The Morgan fingerprint density at radius 1 is 0.357 bits per heavy atom. The molecule has 0 fully saturated rings. The van der Waals surface area contributed by atoms with Crippen LogP contribution in [0.4, 0.5) is 30.2 Å². The number of hydrogen-bond acceptors (Lipinski definition) is 2. The average molecular weight is 748 g/mol. The van der Waals surface area contributed by atoms with Gasteiger partial charge in [0.1, 0.15) is 5.75 Å². The Labute approximate surface area is 329 Å². The average Bonchev–Trinajstić information content (AvgIpc) is 3.17. The van der Waals surface area contributed by atoms with Gasteiger partial charge in [0.25, 0.3) is 0 Å². The van der Waals surface area contributed by atoms with Gasteiger partial charge >= 0.3 is 6.36 Å². The van der Waals surface area contributed by atoms with Crippen LogP contribution in [0.25, 0.3) is 36.5 Å². The molecule has 5 heteroatoms. The lowest BCUT2D eigenvalue weighted by atomic mass is 9.87. The maximum atomic E-state index is 12.6. The topological polar surface area (TPSA) is 12.5 Å². The van der Waals surface area contributed by atoms with Gasteiger partial charge in [0.05, 0.1) is 0 Å². The van der Waals surface area contributed by atoms with E-state index in [1.165, 1.54) is 23.3 Å². The van der Waals surface area contributed by atoms with Gasteiger partial charge in [0, 0.05) is 17.1 Å². The van der Waals surface area contributed by atoms with Crippen molar-refractivity contribution in [3.63, 3.8) is 0 Å². The number of anilines is 3. The van der Waals surface area contributed by atoms with Crippen LogP contribution in [-0.4, -0.2) is 6.36 Å². The fourth-order valence-electron chi connectivity index (χ4n) is 6.20. The summed E-state index contributed by atoms with van der Waals surface area (Å²) in [4.78, 5) is 2.23. The Bertz CT molecular complexity index is 2150. The minimum Gasteiger partial charge on any atom is -0.406 e. The van der Waals surface area contributed by atoms with Crippen LogP contribution in [0, 0.1) is 0 Å². The monoisotopic (exact) mass is 747 g/mol. The number of nitrogens with zero attached hydrogens (tertiary/aromatic N) is 1. The second kappa shape index (κ2) is 16.7. The summed E-state index contributed by atoms with van der Waals surface area (Å²) in [6.45, 7) is 13.3. The Hall–Kier alpha value is -6.07. The molecule has 284 valence electrons. The number of alkyl halides is 3. The number of halogens is 3. The van der Waals surface area contributed by atoms with Gasteiger partial charge in [-0.05, 0) is 104 Å². The summed E-state index contributed by atoms with van der Waals surface area (Å²) in [7, 11) is 0. The van der Waals surface area contributed by atoms with Gasteiger partial charge in [-0.2, -0.15) is 0 Å². The van der Waals surface area contributed by atoms with Gasteiger partial charge in [0.2, 0.25) is 0 Å². The predicted octanol–water partition coefficient (Wildman–Crippen LogP) is 15.2. The molecule has 0 saturated heterocycles. The predicted molar refractivity (Wildman–Crippen MR) is 231 cm³/mol. The van der Waals surface area contributed by atoms with Crippen molar-refractivity contribution in [2.75, 3.05) is 4.90 Å². The van der Waals surface area contributed by atoms with Crippen LogP contribution in [0.1, 0.15) is 86.1 Å². The molecule has 56 heavy (non-hydrogen) atoms. The van der Waals surface area contributed by atoms with E-state index in [0.29, 0.717) is 0 Å². The molecule has 0 unspecified atom stereocenters. The highest BCUT2D eigenvalue weighted by Gasteiger charge is 2.31. The van der Waals surface area contributed by atoms with E-state index in [2.05, 4.69) is 185 Å². The molecule has 6 aromatic rings. The van der Waals surface area contributed by atoms with Crippen molar-refractivity contribution in [3.05, 3.63) is 190 Å². The number of rotatable bonds is 10. The smallest absolute Gasteiger partial charge is 0.406 e. The van der Waals surface area contributed by atoms with E-state index in [1.54, 1.807) is 12.1 Å². The second-order valence-electron chi connectivity index (χ2n) is 16.0. The quantitative estimate of drug-likeness (QED) is 0.129. The Kier molecular flexibility index (Phi) is 11.8. The zero-order valence-electron chi connectivity index (χ0n) is 32.8. The molecule has 0 radical (unpaired) electrons. The van der Waals surface area contributed by atoms with Crippen LogP contribution in [0.15, 0.2) is 146 Å². The highest BCUT2D eigenvalue weighted by atomic mass is 19.4. The summed E-state index contributed by atoms with van der Waals surface area (Å²) in [5.41, 5.74) is 12.1. The first-order chi connectivity index (χ1) is 26.6. The molecule has 6 rings (SSSR count). The van der Waals surface area contributed by atoms with Gasteiger partial charge in [-0.25, -0.2) is 0 Å². The van der Waals surface area contributed by atoms with Crippen LogP contribution in [0.5, 0.6) is 5.75 Å². The molecular formula is C51H48F3NO. The van der Waals surface area contributed by atoms with Crippen LogP contribution in [0.2, 0.25) is 0 Å². The first-order valence-electron chi connectivity index (χ1n) is 18.8. The van der Waals surface area contributed by atoms with Gasteiger partial charge in [0.15, 0.2) is 0 Å². The van der Waals surface area contributed by atoms with E-state index >= 15 is 0 Å². The van der Waals surface area contributed by atoms with Crippen molar-refractivity contribution in [3.8, 4) is 5.75 Å². The van der Waals surface area contributed by atoms with Crippen molar-refractivity contribution in [2.45, 2.75) is 58.7 Å². The van der Waals surface area contributed by atoms with Gasteiger partial charge in [-0.1, -0.05) is 175 Å². The van der Waals surface area contributed by atoms with E-state index in [9.17, 15) is 13.2 Å². The summed E-state index contributed by atoms with van der Waals surface area (Å²) in [6, 6.07) is 48.5. The minimum absolute atomic E-state index is 0.116. The van der Waals surface area contributed by atoms with Crippen LogP contribution < -0.4 is 9.64 Å². The fraction of sp³-hybridized carbons (Fsp3) is 0.176. The van der Waals surface area contributed by atoms with Gasteiger partial charge in [-0.15, -0.1) is 13.2 Å². The van der Waals surface area contributed by atoms with Crippen molar-refractivity contribution in [2.24, 2.45) is 0 Å². The molecule has 0 aliphatic heterocycles. The molecule has 0 heterocycles. The van der Waals surface area contributed by atoms with Crippen LogP contribution in [0.3, 0.4) is 0 Å². The van der Waals surface area contributed by atoms with E-state index in [0.717, 1.165) is 50.4 Å². The van der Waals surface area contributed by atoms with Crippen molar-refractivity contribution >= 4 is 53.5 Å². The molecule has 2 nitrogen and oxygen atoms in total. The molecule has 0 saturated carbocycles. The highest BCUT2D eigenvalue weighted by molar-refractivity contribution is 5.80. The number of benzene rings is 6. The third kappa shape index (κ3) is 11.0.